The minimum Gasteiger partial charge on any atom is -0.315 e. The molecule has 6 heteroatoms. The Balaban J connectivity index is 1.58. The van der Waals surface area contributed by atoms with Gasteiger partial charge in [-0.25, -0.2) is 0 Å². The molecule has 1 saturated heterocycles. The normalized spacial score (nSPS) is 23.6. The fraction of sp³-hybridized carbons (Fsp3) is 0.391. The molecule has 4 nitrogen and oxygen atoms in total. The van der Waals surface area contributed by atoms with Crippen LogP contribution in [-0.2, 0) is 21.0 Å². The van der Waals surface area contributed by atoms with Gasteiger partial charge in [-0.15, -0.1) is 11.8 Å². The Bertz CT molecular complexity index is 1010. The standard InChI is InChI=1S/C23H23ClN2O2S/c1-15-4-2-5-16(12-15)14-25-20-9-8-18(24)13-19(20)23(22(25)28)26(10-11-29-23)21(27)17-6-3-7-17/h2,4-5,8-9,12-13,17H,3,6-7,10-11,14H2,1H3. The highest BCUT2D eigenvalue weighted by atomic mass is 35.5. The quantitative estimate of drug-likeness (QED) is 0.712. The molecule has 0 radical (unpaired) electrons. The van der Waals surface area contributed by atoms with Crippen molar-refractivity contribution >= 4 is 40.9 Å². The van der Waals surface area contributed by atoms with Gasteiger partial charge in [0.2, 0.25) is 5.91 Å². The topological polar surface area (TPSA) is 40.6 Å². The van der Waals surface area contributed by atoms with E-state index < -0.39 is 4.87 Å². The molecule has 0 aromatic heterocycles. The molecule has 2 fully saturated rings. The fourth-order valence-corrected chi connectivity index (χ4v) is 6.27. The molecule has 5 rings (SSSR count). The predicted octanol–water partition coefficient (Wildman–Crippen LogP) is 4.72. The second-order valence-electron chi connectivity index (χ2n) is 8.15. The number of carbonyl (C=O) groups excluding carboxylic acids is 2. The van der Waals surface area contributed by atoms with Gasteiger partial charge < -0.3 is 9.80 Å². The van der Waals surface area contributed by atoms with Crippen molar-refractivity contribution in [2.75, 3.05) is 17.2 Å². The van der Waals surface area contributed by atoms with Crippen molar-refractivity contribution in [3.8, 4) is 0 Å². The van der Waals surface area contributed by atoms with Crippen LogP contribution in [0.2, 0.25) is 5.02 Å². The van der Waals surface area contributed by atoms with Crippen molar-refractivity contribution in [1.29, 1.82) is 0 Å². The van der Waals surface area contributed by atoms with Crippen LogP contribution in [0.15, 0.2) is 42.5 Å². The molecule has 3 aliphatic rings. The van der Waals surface area contributed by atoms with Gasteiger partial charge in [0.05, 0.1) is 12.2 Å². The summed E-state index contributed by atoms with van der Waals surface area (Å²) in [5.74, 6) is 0.922. The van der Waals surface area contributed by atoms with Crippen LogP contribution < -0.4 is 4.90 Å². The zero-order valence-corrected chi connectivity index (χ0v) is 17.9. The van der Waals surface area contributed by atoms with Crippen LogP contribution in [0.3, 0.4) is 0 Å². The number of benzene rings is 2. The zero-order valence-electron chi connectivity index (χ0n) is 16.4. The Morgan fingerprint density at radius 2 is 2.07 bits per heavy atom. The Morgan fingerprint density at radius 1 is 1.24 bits per heavy atom. The molecule has 1 unspecified atom stereocenters. The third-order valence-corrected chi connectivity index (χ3v) is 7.95. The molecule has 2 aliphatic heterocycles. The van der Waals surface area contributed by atoms with Gasteiger partial charge >= 0.3 is 0 Å². The van der Waals surface area contributed by atoms with Crippen molar-refractivity contribution in [1.82, 2.24) is 4.90 Å². The van der Waals surface area contributed by atoms with E-state index in [2.05, 4.69) is 19.1 Å². The third-order valence-electron chi connectivity index (χ3n) is 6.30. The lowest BCUT2D eigenvalue weighted by Gasteiger charge is -2.37. The number of anilines is 1. The summed E-state index contributed by atoms with van der Waals surface area (Å²) in [7, 11) is 0. The van der Waals surface area contributed by atoms with E-state index in [4.69, 9.17) is 11.6 Å². The number of aryl methyl sites for hydroxylation is 1. The molecule has 29 heavy (non-hydrogen) atoms. The summed E-state index contributed by atoms with van der Waals surface area (Å²) in [6, 6.07) is 13.8. The van der Waals surface area contributed by atoms with Gasteiger partial charge in [-0.2, -0.15) is 0 Å². The summed E-state index contributed by atoms with van der Waals surface area (Å²) >= 11 is 7.92. The molecule has 2 amide bonds. The molecule has 150 valence electrons. The maximum atomic E-state index is 13.9. The fourth-order valence-electron chi connectivity index (χ4n) is 4.63. The van der Waals surface area contributed by atoms with Crippen molar-refractivity contribution < 1.29 is 9.59 Å². The van der Waals surface area contributed by atoms with Crippen LogP contribution in [0.4, 0.5) is 5.69 Å². The largest absolute Gasteiger partial charge is 0.315 e. The van der Waals surface area contributed by atoms with Crippen LogP contribution in [0.25, 0.3) is 0 Å². The SMILES string of the molecule is Cc1cccc(CN2C(=O)C3(SCCN3C(=O)C3CCC3)c3cc(Cl)ccc32)c1. The highest BCUT2D eigenvalue weighted by Crippen LogP contribution is 2.55. The van der Waals surface area contributed by atoms with E-state index in [1.165, 1.54) is 0 Å². The summed E-state index contributed by atoms with van der Waals surface area (Å²) in [4.78, 5) is 29.8. The second-order valence-corrected chi connectivity index (χ2v) is 9.88. The summed E-state index contributed by atoms with van der Waals surface area (Å²) in [6.07, 6.45) is 2.96. The van der Waals surface area contributed by atoms with Gasteiger partial charge in [-0.3, -0.25) is 9.59 Å². The molecular formula is C23H23ClN2O2S. The summed E-state index contributed by atoms with van der Waals surface area (Å²) in [5.41, 5.74) is 3.97. The van der Waals surface area contributed by atoms with E-state index in [1.807, 2.05) is 40.1 Å². The molecule has 1 spiro atoms. The van der Waals surface area contributed by atoms with E-state index in [-0.39, 0.29) is 17.7 Å². The van der Waals surface area contributed by atoms with Crippen LogP contribution in [-0.4, -0.2) is 29.0 Å². The predicted molar refractivity (Wildman–Crippen MR) is 117 cm³/mol. The molecular weight excluding hydrogens is 404 g/mol. The van der Waals surface area contributed by atoms with Gasteiger partial charge in [0, 0.05) is 28.8 Å². The Morgan fingerprint density at radius 3 is 2.79 bits per heavy atom. The van der Waals surface area contributed by atoms with Crippen LogP contribution in [0.1, 0.15) is 36.0 Å². The smallest absolute Gasteiger partial charge is 0.268 e. The third kappa shape index (κ3) is 2.89. The summed E-state index contributed by atoms with van der Waals surface area (Å²) in [5, 5.41) is 0.594. The van der Waals surface area contributed by atoms with Crippen molar-refractivity contribution in [2.45, 2.75) is 37.6 Å². The minimum absolute atomic E-state index is 0.0218. The van der Waals surface area contributed by atoms with Crippen LogP contribution in [0.5, 0.6) is 0 Å². The average Bonchev–Trinajstić information content (AvgIpc) is 3.18. The highest BCUT2D eigenvalue weighted by molar-refractivity contribution is 8.01. The number of carbonyl (C=O) groups is 2. The van der Waals surface area contributed by atoms with E-state index in [9.17, 15) is 9.59 Å². The molecule has 1 saturated carbocycles. The zero-order chi connectivity index (χ0) is 20.2. The van der Waals surface area contributed by atoms with E-state index in [1.54, 1.807) is 11.8 Å². The second kappa shape index (κ2) is 7.06. The number of halogens is 1. The van der Waals surface area contributed by atoms with Crippen molar-refractivity contribution in [3.63, 3.8) is 0 Å². The van der Waals surface area contributed by atoms with Gasteiger partial charge in [-0.05, 0) is 43.5 Å². The molecule has 2 heterocycles. The average molecular weight is 427 g/mol. The number of hydrogen-bond acceptors (Lipinski definition) is 3. The van der Waals surface area contributed by atoms with E-state index >= 15 is 0 Å². The van der Waals surface area contributed by atoms with Crippen molar-refractivity contribution in [3.05, 3.63) is 64.2 Å². The maximum Gasteiger partial charge on any atom is 0.268 e. The molecule has 2 aromatic carbocycles. The monoisotopic (exact) mass is 426 g/mol. The van der Waals surface area contributed by atoms with Crippen LogP contribution >= 0.6 is 23.4 Å². The number of rotatable bonds is 3. The molecule has 0 bridgehead atoms. The van der Waals surface area contributed by atoms with Crippen LogP contribution in [0, 0.1) is 12.8 Å². The first-order valence-electron chi connectivity index (χ1n) is 10.1. The highest BCUT2D eigenvalue weighted by Gasteiger charge is 2.60. The first-order valence-corrected chi connectivity index (χ1v) is 11.5. The lowest BCUT2D eigenvalue weighted by Crippen LogP contribution is -2.52. The van der Waals surface area contributed by atoms with Gasteiger partial charge in [0.15, 0.2) is 4.87 Å². The Labute approximate surface area is 180 Å². The molecule has 2 aromatic rings. The number of fused-ring (bicyclic) bond motifs is 2. The lowest BCUT2D eigenvalue weighted by molar-refractivity contribution is -0.145. The molecule has 1 aliphatic carbocycles. The van der Waals surface area contributed by atoms with E-state index in [0.29, 0.717) is 18.1 Å². The summed E-state index contributed by atoms with van der Waals surface area (Å²) < 4.78 is 0. The van der Waals surface area contributed by atoms with Crippen molar-refractivity contribution in [2.24, 2.45) is 5.92 Å². The summed E-state index contributed by atoms with van der Waals surface area (Å²) in [6.45, 7) is 3.15. The number of nitrogens with zero attached hydrogens (tertiary/aromatic N) is 2. The Kier molecular flexibility index (Phi) is 4.63. The first kappa shape index (κ1) is 19.0. The van der Waals surface area contributed by atoms with Gasteiger partial charge in [0.1, 0.15) is 0 Å². The number of thioether (sulfide) groups is 1. The maximum absolute atomic E-state index is 13.9. The lowest BCUT2D eigenvalue weighted by atomic mass is 9.84. The van der Waals surface area contributed by atoms with E-state index in [0.717, 1.165) is 47.4 Å². The van der Waals surface area contributed by atoms with Gasteiger partial charge in [0.25, 0.3) is 5.91 Å². The minimum atomic E-state index is -0.975. The number of hydrogen-bond donors (Lipinski definition) is 0. The Hall–Kier alpha value is -1.98. The van der Waals surface area contributed by atoms with Gasteiger partial charge in [-0.1, -0.05) is 47.9 Å². The molecule has 0 N–H and O–H groups in total. The molecule has 1 atom stereocenters. The first-order chi connectivity index (χ1) is 14.0. The number of amides is 2.